The van der Waals surface area contributed by atoms with Crippen LogP contribution in [0.4, 0.5) is 0 Å². The standard InChI is InChI=1S/C30H38N2O6/c1-21-11-7-5-9-13-24(4)30(34)38-28(16-26-18-32-20-36-26)22(2)12-8-6-10-14-23(3)29(33)37-27(21)15-25-17-31-19-35-25/h5-6,9-10,13-14,17-22,27-28H,7-8,11-12,15-16H2,1-4H3. The number of carbonyl (C=O) groups excluding carboxylic acids is 2. The largest absolute Gasteiger partial charge is 0.458 e. The Morgan fingerprint density at radius 3 is 1.53 bits per heavy atom. The van der Waals surface area contributed by atoms with Crippen molar-refractivity contribution in [2.75, 3.05) is 0 Å². The molecule has 0 amide bonds. The van der Waals surface area contributed by atoms with Gasteiger partial charge in [0.05, 0.1) is 12.4 Å². The minimum Gasteiger partial charge on any atom is -0.458 e. The zero-order chi connectivity index (χ0) is 27.3. The zero-order valence-electron chi connectivity index (χ0n) is 22.7. The minimum atomic E-state index is -0.351. The molecule has 2 aromatic heterocycles. The third-order valence-corrected chi connectivity index (χ3v) is 6.74. The highest BCUT2D eigenvalue weighted by molar-refractivity contribution is 5.88. The monoisotopic (exact) mass is 522 g/mol. The molecule has 204 valence electrons. The minimum absolute atomic E-state index is 0.0796. The number of hydrogen-bond acceptors (Lipinski definition) is 8. The smallest absolute Gasteiger partial charge is 0.334 e. The average molecular weight is 523 g/mol. The van der Waals surface area contributed by atoms with Gasteiger partial charge in [-0.25, -0.2) is 19.6 Å². The molecule has 8 heteroatoms. The van der Waals surface area contributed by atoms with Gasteiger partial charge in [0.2, 0.25) is 0 Å². The van der Waals surface area contributed by atoms with Crippen molar-refractivity contribution in [1.29, 1.82) is 0 Å². The number of nitrogens with zero attached hydrogens (tertiary/aromatic N) is 2. The highest BCUT2D eigenvalue weighted by atomic mass is 16.5. The van der Waals surface area contributed by atoms with E-state index in [1.165, 1.54) is 12.8 Å². The van der Waals surface area contributed by atoms with E-state index in [9.17, 15) is 9.59 Å². The highest BCUT2D eigenvalue weighted by Crippen LogP contribution is 2.22. The fourth-order valence-corrected chi connectivity index (χ4v) is 4.10. The molecule has 1 aliphatic heterocycles. The molecule has 0 bridgehead atoms. The number of cyclic esters (lactones) is 2. The van der Waals surface area contributed by atoms with Crippen molar-refractivity contribution in [3.8, 4) is 0 Å². The summed E-state index contributed by atoms with van der Waals surface area (Å²) in [6.45, 7) is 7.62. The van der Waals surface area contributed by atoms with Crippen molar-refractivity contribution in [2.24, 2.45) is 11.8 Å². The summed E-state index contributed by atoms with van der Waals surface area (Å²) in [6.07, 6.45) is 20.6. The SMILES string of the molecule is CC1=CC=CCCC(C)C(Cc2cnco2)OC(=O)C(C)=CC=CCCC(C)C(Cc2cnco2)OC1=O. The van der Waals surface area contributed by atoms with Gasteiger partial charge in [0.25, 0.3) is 0 Å². The van der Waals surface area contributed by atoms with E-state index in [2.05, 4.69) is 23.8 Å². The molecule has 0 radical (unpaired) electrons. The van der Waals surface area contributed by atoms with Gasteiger partial charge in [-0.3, -0.25) is 0 Å². The topological polar surface area (TPSA) is 105 Å². The van der Waals surface area contributed by atoms with Gasteiger partial charge in [-0.15, -0.1) is 0 Å². The Kier molecular flexibility index (Phi) is 11.3. The molecule has 2 aromatic rings. The summed E-state index contributed by atoms with van der Waals surface area (Å²) in [6, 6.07) is 0. The van der Waals surface area contributed by atoms with Gasteiger partial charge in [-0.05, 0) is 51.4 Å². The van der Waals surface area contributed by atoms with Gasteiger partial charge in [-0.1, -0.05) is 50.3 Å². The van der Waals surface area contributed by atoms with Crippen LogP contribution in [0.5, 0.6) is 0 Å². The number of esters is 2. The summed E-state index contributed by atoms with van der Waals surface area (Å²) in [7, 11) is 0. The van der Waals surface area contributed by atoms with Crippen LogP contribution in [0, 0.1) is 11.8 Å². The Bertz CT molecular complexity index is 1040. The van der Waals surface area contributed by atoms with E-state index in [4.69, 9.17) is 18.3 Å². The number of oxazole rings is 2. The van der Waals surface area contributed by atoms with E-state index < -0.39 is 0 Å². The summed E-state index contributed by atoms with van der Waals surface area (Å²) < 4.78 is 22.6. The van der Waals surface area contributed by atoms with Crippen molar-refractivity contribution < 1.29 is 27.9 Å². The molecule has 0 N–H and O–H groups in total. The number of allylic oxidation sites excluding steroid dienone is 6. The predicted octanol–water partition coefficient (Wildman–Crippen LogP) is 6.12. The van der Waals surface area contributed by atoms with Crippen LogP contribution < -0.4 is 0 Å². The summed E-state index contributed by atoms with van der Waals surface area (Å²) >= 11 is 0. The van der Waals surface area contributed by atoms with E-state index in [-0.39, 0.29) is 36.0 Å². The van der Waals surface area contributed by atoms with Crippen LogP contribution in [-0.2, 0) is 31.9 Å². The Balaban J connectivity index is 1.77. The third-order valence-electron chi connectivity index (χ3n) is 6.74. The lowest BCUT2D eigenvalue weighted by Crippen LogP contribution is -2.28. The van der Waals surface area contributed by atoms with Crippen molar-refractivity contribution >= 4 is 11.9 Å². The van der Waals surface area contributed by atoms with Gasteiger partial charge in [0, 0.05) is 24.0 Å². The van der Waals surface area contributed by atoms with Crippen LogP contribution in [-0.4, -0.2) is 34.1 Å². The molecule has 0 aromatic carbocycles. The Labute approximate surface area is 224 Å². The molecule has 0 saturated heterocycles. The van der Waals surface area contributed by atoms with Gasteiger partial charge in [0.1, 0.15) is 23.7 Å². The van der Waals surface area contributed by atoms with Crippen LogP contribution in [0.15, 0.2) is 81.6 Å². The van der Waals surface area contributed by atoms with Crippen molar-refractivity contribution in [3.63, 3.8) is 0 Å². The average Bonchev–Trinajstić information content (AvgIpc) is 3.61. The Hall–Kier alpha value is -3.68. The summed E-state index contributed by atoms with van der Waals surface area (Å²) in [5.74, 6) is 0.818. The van der Waals surface area contributed by atoms with Crippen LogP contribution in [0.2, 0.25) is 0 Å². The number of ether oxygens (including phenoxy) is 2. The molecule has 4 atom stereocenters. The quantitative estimate of drug-likeness (QED) is 0.442. The lowest BCUT2D eigenvalue weighted by Gasteiger charge is -2.23. The molecule has 8 nitrogen and oxygen atoms in total. The van der Waals surface area contributed by atoms with Gasteiger partial charge in [0.15, 0.2) is 12.8 Å². The second-order valence-corrected chi connectivity index (χ2v) is 9.90. The molecule has 0 saturated carbocycles. The number of hydrogen-bond donors (Lipinski definition) is 0. The fourth-order valence-electron chi connectivity index (χ4n) is 4.10. The predicted molar refractivity (Wildman–Crippen MR) is 143 cm³/mol. The maximum absolute atomic E-state index is 12.8. The first-order valence-corrected chi connectivity index (χ1v) is 13.2. The first-order valence-electron chi connectivity index (χ1n) is 13.2. The molecule has 38 heavy (non-hydrogen) atoms. The van der Waals surface area contributed by atoms with E-state index in [0.29, 0.717) is 35.5 Å². The molecular formula is C30H38N2O6. The van der Waals surface area contributed by atoms with E-state index in [1.54, 1.807) is 38.4 Å². The lowest BCUT2D eigenvalue weighted by molar-refractivity contribution is -0.147. The van der Waals surface area contributed by atoms with Crippen LogP contribution >= 0.6 is 0 Å². The first kappa shape index (κ1) is 28.9. The van der Waals surface area contributed by atoms with Gasteiger partial charge >= 0.3 is 11.9 Å². The maximum Gasteiger partial charge on any atom is 0.334 e. The summed E-state index contributed by atoms with van der Waals surface area (Å²) in [4.78, 5) is 33.6. The van der Waals surface area contributed by atoms with Crippen LogP contribution in [0.25, 0.3) is 0 Å². The summed E-state index contributed by atoms with van der Waals surface area (Å²) in [5, 5.41) is 0. The fraction of sp³-hybridized carbons (Fsp3) is 0.467. The molecule has 1 aliphatic rings. The van der Waals surface area contributed by atoms with Gasteiger partial charge in [-0.2, -0.15) is 0 Å². The molecule has 0 aliphatic carbocycles. The molecule has 0 fully saturated rings. The van der Waals surface area contributed by atoms with E-state index in [0.717, 1.165) is 25.7 Å². The molecule has 4 unspecified atom stereocenters. The van der Waals surface area contributed by atoms with Gasteiger partial charge < -0.3 is 18.3 Å². The zero-order valence-corrected chi connectivity index (χ0v) is 22.7. The molecule has 3 heterocycles. The Morgan fingerprint density at radius 1 is 0.737 bits per heavy atom. The maximum atomic E-state index is 12.8. The van der Waals surface area contributed by atoms with Crippen LogP contribution in [0.1, 0.15) is 64.9 Å². The van der Waals surface area contributed by atoms with Crippen molar-refractivity contribution in [1.82, 2.24) is 9.97 Å². The second kappa shape index (κ2) is 14.9. The normalized spacial score (nSPS) is 24.7. The lowest BCUT2D eigenvalue weighted by atomic mass is 9.95. The summed E-state index contributed by atoms with van der Waals surface area (Å²) in [5.41, 5.74) is 1.05. The number of rotatable bonds is 4. The molecular weight excluding hydrogens is 484 g/mol. The molecule has 0 spiro atoms. The van der Waals surface area contributed by atoms with E-state index in [1.807, 2.05) is 24.3 Å². The van der Waals surface area contributed by atoms with Crippen molar-refractivity contribution in [2.45, 2.75) is 78.4 Å². The third kappa shape index (κ3) is 9.32. The first-order chi connectivity index (χ1) is 18.3. The second-order valence-electron chi connectivity index (χ2n) is 9.90. The Morgan fingerprint density at radius 2 is 1.16 bits per heavy atom. The van der Waals surface area contributed by atoms with E-state index >= 15 is 0 Å². The van der Waals surface area contributed by atoms with Crippen molar-refractivity contribution in [3.05, 3.63) is 84.3 Å². The number of aromatic nitrogens is 2. The highest BCUT2D eigenvalue weighted by Gasteiger charge is 2.25. The molecule has 3 rings (SSSR count). The number of carbonyl (C=O) groups is 2. The van der Waals surface area contributed by atoms with Crippen LogP contribution in [0.3, 0.4) is 0 Å².